The number of hydrogen-bond donors (Lipinski definition) is 1. The molecule has 1 heterocycles. The van der Waals surface area contributed by atoms with Crippen LogP contribution in [0.5, 0.6) is 0 Å². The molecule has 1 rings (SSSR count). The molecule has 0 fully saturated rings. The molecule has 0 aliphatic heterocycles. The van der Waals surface area contributed by atoms with E-state index in [9.17, 15) is 0 Å². The van der Waals surface area contributed by atoms with Gasteiger partial charge in [0.15, 0.2) is 0 Å². The molecule has 0 unspecified atom stereocenters. The molecule has 84 valence electrons. The van der Waals surface area contributed by atoms with E-state index in [1.807, 2.05) is 18.3 Å². The van der Waals surface area contributed by atoms with E-state index in [-0.39, 0.29) is 0 Å². The van der Waals surface area contributed by atoms with E-state index < -0.39 is 0 Å². The van der Waals surface area contributed by atoms with E-state index >= 15 is 0 Å². The summed E-state index contributed by atoms with van der Waals surface area (Å²) in [5.74, 6) is 0. The van der Waals surface area contributed by atoms with Gasteiger partial charge in [-0.1, -0.05) is 6.07 Å². The summed E-state index contributed by atoms with van der Waals surface area (Å²) in [6, 6.07) is 6.08. The smallest absolute Gasteiger partial charge is 0.0587 e. The molecule has 1 aromatic rings. The van der Waals surface area contributed by atoms with Crippen LogP contribution in [0, 0.1) is 0 Å². The Hall–Kier alpha value is -0.930. The molecule has 0 saturated carbocycles. The van der Waals surface area contributed by atoms with Gasteiger partial charge in [-0.15, -0.1) is 0 Å². The molecule has 0 aromatic carbocycles. The zero-order chi connectivity index (χ0) is 10.8. The highest BCUT2D eigenvalue weighted by molar-refractivity contribution is 5.03. The van der Waals surface area contributed by atoms with Gasteiger partial charge in [-0.3, -0.25) is 4.98 Å². The van der Waals surface area contributed by atoms with Crippen molar-refractivity contribution in [3.05, 3.63) is 30.1 Å². The number of nitrogens with one attached hydrogen (secondary N) is 1. The maximum absolute atomic E-state index is 4.95. The van der Waals surface area contributed by atoms with E-state index in [0.29, 0.717) is 0 Å². The molecule has 1 aromatic heterocycles. The average Bonchev–Trinajstić information content (AvgIpc) is 2.29. The molecule has 0 amide bonds. The van der Waals surface area contributed by atoms with Crippen LogP contribution in [-0.4, -0.2) is 31.8 Å². The molecule has 3 heteroatoms. The molecular weight excluding hydrogens is 188 g/mol. The summed E-state index contributed by atoms with van der Waals surface area (Å²) < 4.78 is 4.95. The first-order chi connectivity index (χ1) is 7.43. The van der Waals surface area contributed by atoms with Crippen molar-refractivity contribution in [3.63, 3.8) is 0 Å². The lowest BCUT2D eigenvalue weighted by molar-refractivity contribution is 0.199. The second kappa shape index (κ2) is 8.38. The van der Waals surface area contributed by atoms with Crippen molar-refractivity contribution in [2.45, 2.75) is 19.3 Å². The molecule has 15 heavy (non-hydrogen) atoms. The van der Waals surface area contributed by atoms with Crippen molar-refractivity contribution in [1.29, 1.82) is 0 Å². The molecule has 0 atom stereocenters. The Bertz CT molecular complexity index is 239. The predicted molar refractivity (Wildman–Crippen MR) is 61.9 cm³/mol. The lowest BCUT2D eigenvalue weighted by Crippen LogP contribution is -2.20. The first-order valence-electron chi connectivity index (χ1n) is 5.53. The minimum atomic E-state index is 0.792. The highest BCUT2D eigenvalue weighted by Crippen LogP contribution is 2.00. The number of methoxy groups -OCH3 is 1. The number of nitrogens with zero attached hydrogens (tertiary/aromatic N) is 1. The van der Waals surface area contributed by atoms with Crippen molar-refractivity contribution in [2.24, 2.45) is 0 Å². The van der Waals surface area contributed by atoms with Crippen molar-refractivity contribution < 1.29 is 4.74 Å². The van der Waals surface area contributed by atoms with Crippen LogP contribution in [0.4, 0.5) is 0 Å². The second-order valence-corrected chi connectivity index (χ2v) is 3.52. The quantitative estimate of drug-likeness (QED) is 0.659. The number of pyridine rings is 1. The van der Waals surface area contributed by atoms with Crippen LogP contribution in [-0.2, 0) is 11.2 Å². The van der Waals surface area contributed by atoms with Gasteiger partial charge in [0.1, 0.15) is 0 Å². The van der Waals surface area contributed by atoms with E-state index in [4.69, 9.17) is 4.74 Å². The van der Waals surface area contributed by atoms with Gasteiger partial charge in [0.2, 0.25) is 0 Å². The fourth-order valence-electron chi connectivity index (χ4n) is 1.40. The fraction of sp³-hybridized carbons (Fsp3) is 0.583. The number of hydrogen-bond acceptors (Lipinski definition) is 3. The Morgan fingerprint density at radius 3 is 2.93 bits per heavy atom. The van der Waals surface area contributed by atoms with Crippen LogP contribution in [0.25, 0.3) is 0 Å². The Morgan fingerprint density at radius 1 is 1.27 bits per heavy atom. The molecular formula is C12H20N2O. The van der Waals surface area contributed by atoms with E-state index in [1.54, 1.807) is 7.11 Å². The van der Waals surface area contributed by atoms with Crippen LogP contribution >= 0.6 is 0 Å². The zero-order valence-electron chi connectivity index (χ0n) is 9.41. The van der Waals surface area contributed by atoms with Crippen LogP contribution in [0.15, 0.2) is 24.4 Å². The number of unbranched alkanes of at least 4 members (excludes halogenated alkanes) is 1. The molecule has 0 radical (unpaired) electrons. The third-order valence-electron chi connectivity index (χ3n) is 2.25. The summed E-state index contributed by atoms with van der Waals surface area (Å²) in [7, 11) is 1.72. The Balaban J connectivity index is 1.93. The van der Waals surface area contributed by atoms with Gasteiger partial charge in [-0.25, -0.2) is 0 Å². The first-order valence-corrected chi connectivity index (χ1v) is 5.53. The minimum absolute atomic E-state index is 0.792. The lowest BCUT2D eigenvalue weighted by Gasteiger charge is -2.03. The monoisotopic (exact) mass is 208 g/mol. The van der Waals surface area contributed by atoms with Crippen molar-refractivity contribution in [1.82, 2.24) is 10.3 Å². The SMILES string of the molecule is COCCNCCCCc1ccccn1. The molecule has 0 bridgehead atoms. The Morgan fingerprint density at radius 2 is 2.20 bits per heavy atom. The highest BCUT2D eigenvalue weighted by atomic mass is 16.5. The lowest BCUT2D eigenvalue weighted by atomic mass is 10.2. The molecule has 0 spiro atoms. The molecule has 1 N–H and O–H groups in total. The van der Waals surface area contributed by atoms with Crippen LogP contribution in [0.3, 0.4) is 0 Å². The highest BCUT2D eigenvalue weighted by Gasteiger charge is 1.93. The summed E-state index contributed by atoms with van der Waals surface area (Å²) in [6.45, 7) is 2.80. The van der Waals surface area contributed by atoms with Gasteiger partial charge in [0.25, 0.3) is 0 Å². The van der Waals surface area contributed by atoms with Gasteiger partial charge in [0, 0.05) is 25.5 Å². The predicted octanol–water partition coefficient (Wildman–Crippen LogP) is 1.64. The minimum Gasteiger partial charge on any atom is -0.383 e. The van der Waals surface area contributed by atoms with Gasteiger partial charge in [0.05, 0.1) is 6.61 Å². The van der Waals surface area contributed by atoms with Crippen molar-refractivity contribution in [2.75, 3.05) is 26.8 Å². The molecule has 0 saturated heterocycles. The fourth-order valence-corrected chi connectivity index (χ4v) is 1.40. The Labute approximate surface area is 91.9 Å². The van der Waals surface area contributed by atoms with Crippen LogP contribution in [0.2, 0.25) is 0 Å². The molecule has 3 nitrogen and oxygen atoms in total. The van der Waals surface area contributed by atoms with E-state index in [2.05, 4.69) is 16.4 Å². The number of rotatable bonds is 8. The standard InChI is InChI=1S/C12H20N2O/c1-15-11-10-13-8-4-2-6-12-7-3-5-9-14-12/h3,5,7,9,13H,2,4,6,8,10-11H2,1H3. The third-order valence-corrected chi connectivity index (χ3v) is 2.25. The normalized spacial score (nSPS) is 10.5. The number of aryl methyl sites for hydroxylation is 1. The molecule has 0 aliphatic rings. The largest absolute Gasteiger partial charge is 0.383 e. The maximum Gasteiger partial charge on any atom is 0.0587 e. The van der Waals surface area contributed by atoms with Crippen molar-refractivity contribution >= 4 is 0 Å². The zero-order valence-corrected chi connectivity index (χ0v) is 9.41. The third kappa shape index (κ3) is 6.20. The summed E-state index contributed by atoms with van der Waals surface area (Å²) >= 11 is 0. The van der Waals surface area contributed by atoms with Gasteiger partial charge < -0.3 is 10.1 Å². The van der Waals surface area contributed by atoms with E-state index in [0.717, 1.165) is 26.1 Å². The summed E-state index contributed by atoms with van der Waals surface area (Å²) in [4.78, 5) is 4.29. The summed E-state index contributed by atoms with van der Waals surface area (Å²) in [6.07, 6.45) is 5.32. The topological polar surface area (TPSA) is 34.1 Å². The van der Waals surface area contributed by atoms with Gasteiger partial charge >= 0.3 is 0 Å². The maximum atomic E-state index is 4.95. The van der Waals surface area contributed by atoms with Crippen molar-refractivity contribution in [3.8, 4) is 0 Å². The summed E-state index contributed by atoms with van der Waals surface area (Å²) in [5.41, 5.74) is 1.19. The second-order valence-electron chi connectivity index (χ2n) is 3.52. The average molecular weight is 208 g/mol. The first kappa shape index (κ1) is 12.1. The van der Waals surface area contributed by atoms with Gasteiger partial charge in [-0.05, 0) is 37.9 Å². The van der Waals surface area contributed by atoms with Crippen LogP contribution in [0.1, 0.15) is 18.5 Å². The number of ether oxygens (including phenoxy) is 1. The van der Waals surface area contributed by atoms with E-state index in [1.165, 1.54) is 18.5 Å². The van der Waals surface area contributed by atoms with Gasteiger partial charge in [-0.2, -0.15) is 0 Å². The summed E-state index contributed by atoms with van der Waals surface area (Å²) in [5, 5.41) is 3.33. The molecule has 0 aliphatic carbocycles. The Kier molecular flexibility index (Phi) is 6.79. The van der Waals surface area contributed by atoms with Crippen LogP contribution < -0.4 is 5.32 Å². The number of aromatic nitrogens is 1.